The maximum absolute atomic E-state index is 7.50. The molecule has 0 saturated heterocycles. The van der Waals surface area contributed by atoms with Gasteiger partial charge in [-0.15, -0.1) is 57.2 Å². The summed E-state index contributed by atoms with van der Waals surface area (Å²) in [5, 5.41) is 30.7. The molecule has 2 N–H and O–H groups in total. The van der Waals surface area contributed by atoms with E-state index in [0.29, 0.717) is 61.5 Å². The Morgan fingerprint density at radius 3 is 0.954 bits per heavy atom. The fraction of sp³-hybridized carbons (Fsp3) is 0.467. The smallest absolute Gasteiger partial charge is 0.134 e. The predicted molar refractivity (Wildman–Crippen MR) is 456 cm³/mol. The Kier molecular flexibility index (Phi) is 28.4. The van der Waals surface area contributed by atoms with Gasteiger partial charge in [0.25, 0.3) is 0 Å². The number of unbranched alkanes of at least 4 members (excludes halogenated alkanes) is 2. The Bertz CT molecular complexity index is 4200. The first-order valence-corrected chi connectivity index (χ1v) is 43.7. The lowest BCUT2D eigenvalue weighted by molar-refractivity contribution is 0.264. The van der Waals surface area contributed by atoms with Crippen molar-refractivity contribution in [3.63, 3.8) is 0 Å². The summed E-state index contributed by atoms with van der Waals surface area (Å²) in [6.07, 6.45) is 19.7. The van der Waals surface area contributed by atoms with Crippen molar-refractivity contribution >= 4 is 68.6 Å². The van der Waals surface area contributed by atoms with Crippen LogP contribution >= 0.6 is 47.0 Å². The molecule has 576 valence electrons. The van der Waals surface area contributed by atoms with Gasteiger partial charge < -0.3 is 28.4 Å². The zero-order valence-electron chi connectivity index (χ0n) is 66.9. The fourth-order valence-corrected chi connectivity index (χ4v) is 16.6. The third-order valence-electron chi connectivity index (χ3n) is 20.1. The van der Waals surface area contributed by atoms with Gasteiger partial charge >= 0.3 is 0 Å². The van der Waals surface area contributed by atoms with Crippen molar-refractivity contribution in [3.05, 3.63) is 224 Å². The maximum Gasteiger partial charge on any atom is 0.134 e. The van der Waals surface area contributed by atoms with Gasteiger partial charge in [-0.25, -0.2) is 0 Å². The van der Waals surface area contributed by atoms with Crippen LogP contribution in [0.2, 0.25) is 0 Å². The van der Waals surface area contributed by atoms with E-state index >= 15 is 0 Å². The summed E-state index contributed by atoms with van der Waals surface area (Å²) in [4.78, 5) is 0. The first-order valence-electron chi connectivity index (χ1n) is 38.6. The molecule has 0 saturated carbocycles. The average Bonchev–Trinajstić information content (AvgIpc) is 0.788. The lowest BCUT2D eigenvalue weighted by Crippen LogP contribution is -2.24. The SMILES string of the molecule is CSC(NCCCn1cc(COc2c3cc(C(C)(C)C)cc2Cc2cc(C(C)(C)C)cc(c2OCCCCOc2cccc4ccccc24)Cc2cc(C(C)(C)C)cc(c2OCc2cn(CCCNC(SC)SC)nn2)Cc2cc(C(C)(C)C)cc(c2OCCCCOc2cccc4ccccc24)C3)nn1)SC. The van der Waals surface area contributed by atoms with E-state index in [9.17, 15) is 0 Å². The van der Waals surface area contributed by atoms with Gasteiger partial charge in [-0.3, -0.25) is 20.0 Å². The highest BCUT2D eigenvalue weighted by molar-refractivity contribution is 8.16. The van der Waals surface area contributed by atoms with Crippen LogP contribution in [0.15, 0.2) is 146 Å². The molecule has 11 rings (SSSR count). The quantitative estimate of drug-likeness (QED) is 0.0292. The summed E-state index contributed by atoms with van der Waals surface area (Å²) in [6.45, 7) is 33.6. The van der Waals surface area contributed by atoms with Crippen LogP contribution in [0.3, 0.4) is 0 Å². The molecular weight excluding hydrogens is 1420 g/mol. The van der Waals surface area contributed by atoms with E-state index in [1.165, 1.54) is 22.3 Å². The molecule has 1 aliphatic rings. The monoisotopic (exact) mass is 1530 g/mol. The summed E-state index contributed by atoms with van der Waals surface area (Å²) < 4.78 is 47.7. The van der Waals surface area contributed by atoms with Crippen molar-refractivity contribution in [1.29, 1.82) is 0 Å². The summed E-state index contributed by atoms with van der Waals surface area (Å²) in [5.41, 5.74) is 14.1. The number of thioether (sulfide) groups is 4. The number of rotatable bonds is 34. The number of benzene rings is 8. The fourth-order valence-electron chi connectivity index (χ4n) is 13.9. The van der Waals surface area contributed by atoms with Gasteiger partial charge in [0, 0.05) is 49.5 Å². The summed E-state index contributed by atoms with van der Waals surface area (Å²) in [6, 6.07) is 48.7. The van der Waals surface area contributed by atoms with Crippen molar-refractivity contribution < 1.29 is 28.4 Å². The molecule has 14 nitrogen and oxygen atoms in total. The number of fused-ring (bicyclic) bond motifs is 10. The average molecular weight is 1530 g/mol. The van der Waals surface area contributed by atoms with Crippen LogP contribution in [0.5, 0.6) is 34.5 Å². The number of nitrogens with one attached hydrogen (secondary N) is 2. The van der Waals surface area contributed by atoms with E-state index in [-0.39, 0.29) is 34.9 Å². The number of ether oxygens (including phenoxy) is 6. The standard InChI is InChI=1S/C90H116N8O6S4/c1-87(2,3)71-49-63-45-67-53-73(89(7,8)9)55-69(83(67)103-59-75-57-97(95-93-75)39-27-37-91-85(105-13)106-14)47-65-51-72(88(4,5)6)52-66(82(65)102-44-24-22-42-100-80-36-26-32-62-30-18-20-34-78(62)80)48-70-56-74(90(10,11)12)54-68(84(70)104-60-76-58-98(96-94-76)40-28-38-92-86(107-15)108-16)46-64(50-71)81(63)101-43-23-21-41-99-79-35-25-31-61-29-17-19-33-77(61)79/h17-20,25-26,29-36,49-58,85-86,91-92H,21-24,27-28,37-48,59-60H2,1-16H3. The van der Waals surface area contributed by atoms with Crippen molar-refractivity contribution in [3.8, 4) is 34.5 Å². The molecule has 0 amide bonds. The van der Waals surface area contributed by atoms with Gasteiger partial charge in [0.2, 0.25) is 0 Å². The van der Waals surface area contributed by atoms with Crippen LogP contribution in [0.25, 0.3) is 21.5 Å². The highest BCUT2D eigenvalue weighted by atomic mass is 32.2. The predicted octanol–water partition coefficient (Wildman–Crippen LogP) is 20.7. The lowest BCUT2D eigenvalue weighted by Gasteiger charge is -2.29. The van der Waals surface area contributed by atoms with E-state index in [0.717, 1.165) is 177 Å². The number of hydrogen-bond acceptors (Lipinski definition) is 16. The molecule has 0 atom stereocenters. The Morgan fingerprint density at radius 1 is 0.361 bits per heavy atom. The third-order valence-corrected chi connectivity index (χ3v) is 24.7. The summed E-state index contributed by atoms with van der Waals surface area (Å²) >= 11 is 7.29. The highest BCUT2D eigenvalue weighted by Gasteiger charge is 2.31. The second-order valence-electron chi connectivity index (χ2n) is 32.7. The molecule has 108 heavy (non-hydrogen) atoms. The van der Waals surface area contributed by atoms with Crippen LogP contribution < -0.4 is 39.1 Å². The lowest BCUT2D eigenvalue weighted by atomic mass is 9.79. The zero-order chi connectivity index (χ0) is 76.6. The number of nitrogens with zero attached hydrogens (tertiary/aromatic N) is 6. The molecule has 8 bridgehead atoms. The van der Waals surface area contributed by atoms with Crippen molar-refractivity contribution in [1.82, 2.24) is 40.6 Å². The molecule has 0 radical (unpaired) electrons. The van der Waals surface area contributed by atoms with Gasteiger partial charge in [-0.05, 0) is 188 Å². The van der Waals surface area contributed by atoms with Gasteiger partial charge in [-0.1, -0.05) is 215 Å². The van der Waals surface area contributed by atoms with Gasteiger partial charge in [0.15, 0.2) is 0 Å². The third kappa shape index (κ3) is 22.0. The van der Waals surface area contributed by atoms with Crippen LogP contribution in [0.1, 0.15) is 200 Å². The van der Waals surface area contributed by atoms with E-state index in [1.54, 1.807) is 0 Å². The molecule has 2 heterocycles. The molecular formula is C90H116N8O6S4. The van der Waals surface area contributed by atoms with Crippen molar-refractivity contribution in [2.45, 2.75) is 205 Å². The first-order chi connectivity index (χ1) is 51.8. The minimum atomic E-state index is -0.245. The van der Waals surface area contributed by atoms with E-state index < -0.39 is 0 Å². The van der Waals surface area contributed by atoms with Gasteiger partial charge in [0.05, 0.1) is 48.2 Å². The van der Waals surface area contributed by atoms with Crippen LogP contribution in [-0.4, -0.2) is 104 Å². The summed E-state index contributed by atoms with van der Waals surface area (Å²) in [5.74, 6) is 5.21. The van der Waals surface area contributed by atoms with E-state index in [1.807, 2.05) is 68.8 Å². The van der Waals surface area contributed by atoms with Crippen LogP contribution in [0.4, 0.5) is 0 Å². The van der Waals surface area contributed by atoms with Crippen LogP contribution in [-0.2, 0) is 73.6 Å². The number of aromatic nitrogens is 6. The number of aryl methyl sites for hydroxylation is 2. The summed E-state index contributed by atoms with van der Waals surface area (Å²) in [7, 11) is 0. The minimum absolute atomic E-state index is 0.224. The normalized spacial score (nSPS) is 12.9. The highest BCUT2D eigenvalue weighted by Crippen LogP contribution is 2.45. The second kappa shape index (κ2) is 37.6. The molecule has 8 aromatic carbocycles. The topological polar surface area (TPSA) is 141 Å². The van der Waals surface area contributed by atoms with Crippen LogP contribution in [0, 0.1) is 0 Å². The Balaban J connectivity index is 1.06. The molecule has 10 aromatic rings. The van der Waals surface area contributed by atoms with E-state index in [2.05, 4.69) is 263 Å². The Hall–Kier alpha value is -7.32. The minimum Gasteiger partial charge on any atom is -0.493 e. The van der Waals surface area contributed by atoms with Crippen molar-refractivity contribution in [2.24, 2.45) is 0 Å². The molecule has 0 fully saturated rings. The van der Waals surface area contributed by atoms with E-state index in [4.69, 9.17) is 38.6 Å². The Morgan fingerprint density at radius 2 is 0.648 bits per heavy atom. The maximum atomic E-state index is 7.50. The Labute approximate surface area is 660 Å². The molecule has 0 spiro atoms. The first kappa shape index (κ1) is 81.7. The molecule has 0 unspecified atom stereocenters. The molecule has 2 aromatic heterocycles. The largest absolute Gasteiger partial charge is 0.493 e. The van der Waals surface area contributed by atoms with Crippen molar-refractivity contribution in [2.75, 3.05) is 64.5 Å². The number of hydrogen-bond donors (Lipinski definition) is 2. The van der Waals surface area contributed by atoms with Gasteiger partial charge in [-0.2, -0.15) is 0 Å². The molecule has 1 aliphatic carbocycles. The molecule has 0 aliphatic heterocycles. The molecule has 18 heteroatoms. The van der Waals surface area contributed by atoms with Gasteiger partial charge in [0.1, 0.15) is 59.1 Å². The zero-order valence-corrected chi connectivity index (χ0v) is 70.2. The second-order valence-corrected chi connectivity index (χ2v) is 37.1.